The SMILES string of the molecule is C=CC[C@](C)(N)C(=O)OC. The predicted molar refractivity (Wildman–Crippen MR) is 39.4 cm³/mol. The number of rotatable bonds is 3. The second-order valence-corrected chi connectivity index (χ2v) is 2.40. The van der Waals surface area contributed by atoms with Crippen molar-refractivity contribution in [3.05, 3.63) is 12.7 Å². The number of esters is 1. The molecule has 0 aliphatic rings. The summed E-state index contributed by atoms with van der Waals surface area (Å²) in [7, 11) is 1.32. The van der Waals surface area contributed by atoms with Crippen LogP contribution in [-0.2, 0) is 9.53 Å². The van der Waals surface area contributed by atoms with E-state index in [1.165, 1.54) is 7.11 Å². The maximum atomic E-state index is 10.8. The summed E-state index contributed by atoms with van der Waals surface area (Å²) in [6.45, 7) is 5.09. The topological polar surface area (TPSA) is 52.3 Å². The first-order chi connectivity index (χ1) is 4.54. The Morgan fingerprint density at radius 1 is 1.90 bits per heavy atom. The first-order valence-corrected chi connectivity index (χ1v) is 3.03. The largest absolute Gasteiger partial charge is 0.468 e. The Hall–Kier alpha value is -0.830. The molecule has 0 aromatic heterocycles. The van der Waals surface area contributed by atoms with E-state index in [-0.39, 0.29) is 0 Å². The van der Waals surface area contributed by atoms with Crippen LogP contribution in [0.25, 0.3) is 0 Å². The van der Waals surface area contributed by atoms with Crippen molar-refractivity contribution >= 4 is 5.97 Å². The van der Waals surface area contributed by atoms with Gasteiger partial charge in [0.1, 0.15) is 5.54 Å². The molecule has 0 aromatic rings. The molecule has 0 aromatic carbocycles. The highest BCUT2D eigenvalue weighted by Crippen LogP contribution is 2.07. The molecule has 0 rings (SSSR count). The standard InChI is InChI=1S/C7H13NO2/c1-4-5-7(2,8)6(9)10-3/h4H,1,5,8H2,2-3H3/t7-/m0/s1. The van der Waals surface area contributed by atoms with Crippen LogP contribution in [0.4, 0.5) is 0 Å². The third kappa shape index (κ3) is 2.19. The molecule has 0 radical (unpaired) electrons. The second kappa shape index (κ2) is 3.37. The smallest absolute Gasteiger partial charge is 0.325 e. The molecule has 1 atom stereocenters. The summed E-state index contributed by atoms with van der Waals surface area (Å²) in [6, 6.07) is 0. The molecule has 58 valence electrons. The highest BCUT2D eigenvalue weighted by atomic mass is 16.5. The molecule has 0 aliphatic carbocycles. The van der Waals surface area contributed by atoms with Gasteiger partial charge in [0.05, 0.1) is 7.11 Å². The number of carbonyl (C=O) groups excluding carboxylic acids is 1. The van der Waals surface area contributed by atoms with E-state index in [0.717, 1.165) is 0 Å². The molecule has 0 fully saturated rings. The minimum Gasteiger partial charge on any atom is -0.468 e. The van der Waals surface area contributed by atoms with Gasteiger partial charge in [0, 0.05) is 0 Å². The third-order valence-electron chi connectivity index (χ3n) is 1.22. The summed E-state index contributed by atoms with van der Waals surface area (Å²) in [5.41, 5.74) is 4.62. The van der Waals surface area contributed by atoms with E-state index in [2.05, 4.69) is 11.3 Å². The Bertz CT molecular complexity index is 141. The van der Waals surface area contributed by atoms with Crippen molar-refractivity contribution in [2.75, 3.05) is 7.11 Å². The van der Waals surface area contributed by atoms with Gasteiger partial charge in [0.2, 0.25) is 0 Å². The van der Waals surface area contributed by atoms with Gasteiger partial charge >= 0.3 is 5.97 Å². The van der Waals surface area contributed by atoms with Crippen molar-refractivity contribution in [2.45, 2.75) is 18.9 Å². The van der Waals surface area contributed by atoms with Crippen molar-refractivity contribution in [3.63, 3.8) is 0 Å². The number of hydrogen-bond donors (Lipinski definition) is 1. The van der Waals surface area contributed by atoms with E-state index >= 15 is 0 Å². The number of hydrogen-bond acceptors (Lipinski definition) is 3. The van der Waals surface area contributed by atoms with Gasteiger partial charge in [0.25, 0.3) is 0 Å². The Morgan fingerprint density at radius 2 is 2.40 bits per heavy atom. The van der Waals surface area contributed by atoms with Crippen LogP contribution in [0.1, 0.15) is 13.3 Å². The minimum absolute atomic E-state index is 0.410. The van der Waals surface area contributed by atoms with E-state index in [1.807, 2.05) is 0 Å². The number of ether oxygens (including phenoxy) is 1. The fraction of sp³-hybridized carbons (Fsp3) is 0.571. The van der Waals surface area contributed by atoms with E-state index in [4.69, 9.17) is 5.73 Å². The van der Waals surface area contributed by atoms with Crippen molar-refractivity contribution < 1.29 is 9.53 Å². The van der Waals surface area contributed by atoms with Gasteiger partial charge in [-0.2, -0.15) is 0 Å². The Labute approximate surface area is 60.9 Å². The zero-order valence-corrected chi connectivity index (χ0v) is 6.39. The first-order valence-electron chi connectivity index (χ1n) is 3.03. The highest BCUT2D eigenvalue weighted by Gasteiger charge is 2.27. The number of methoxy groups -OCH3 is 1. The molecule has 0 spiro atoms. The maximum absolute atomic E-state index is 10.8. The van der Waals surface area contributed by atoms with Crippen LogP contribution >= 0.6 is 0 Å². The Morgan fingerprint density at radius 3 is 2.70 bits per heavy atom. The third-order valence-corrected chi connectivity index (χ3v) is 1.22. The van der Waals surface area contributed by atoms with Crippen molar-refractivity contribution in [2.24, 2.45) is 5.73 Å². The molecule has 3 nitrogen and oxygen atoms in total. The van der Waals surface area contributed by atoms with Crippen LogP contribution in [0.5, 0.6) is 0 Å². The average Bonchev–Trinajstić information content (AvgIpc) is 1.86. The molecule has 0 unspecified atom stereocenters. The van der Waals surface area contributed by atoms with Crippen LogP contribution in [0, 0.1) is 0 Å². The summed E-state index contributed by atoms with van der Waals surface area (Å²) in [5.74, 6) is -0.410. The summed E-state index contributed by atoms with van der Waals surface area (Å²) in [6.07, 6.45) is 2.02. The molecule has 0 saturated carbocycles. The number of carbonyl (C=O) groups is 1. The summed E-state index contributed by atoms with van der Waals surface area (Å²) in [4.78, 5) is 10.8. The normalized spacial score (nSPS) is 15.5. The lowest BCUT2D eigenvalue weighted by Crippen LogP contribution is -2.45. The van der Waals surface area contributed by atoms with Crippen LogP contribution in [-0.4, -0.2) is 18.6 Å². The van der Waals surface area contributed by atoms with E-state index in [0.29, 0.717) is 6.42 Å². The predicted octanol–water partition coefficient (Wildman–Crippen LogP) is 0.453. The minimum atomic E-state index is -0.920. The van der Waals surface area contributed by atoms with E-state index in [1.54, 1.807) is 13.0 Å². The van der Waals surface area contributed by atoms with Gasteiger partial charge in [-0.25, -0.2) is 0 Å². The fourth-order valence-corrected chi connectivity index (χ4v) is 0.616. The quantitative estimate of drug-likeness (QED) is 0.461. The van der Waals surface area contributed by atoms with E-state index in [9.17, 15) is 4.79 Å². The Kier molecular flexibility index (Phi) is 3.09. The molecule has 10 heavy (non-hydrogen) atoms. The lowest BCUT2D eigenvalue weighted by Gasteiger charge is -2.18. The van der Waals surface area contributed by atoms with Crippen molar-refractivity contribution in [3.8, 4) is 0 Å². The molecule has 3 heteroatoms. The zero-order valence-electron chi connectivity index (χ0n) is 6.39. The first kappa shape index (κ1) is 9.17. The van der Waals surface area contributed by atoms with Gasteiger partial charge in [-0.1, -0.05) is 6.08 Å². The van der Waals surface area contributed by atoms with Gasteiger partial charge in [-0.05, 0) is 13.3 Å². The summed E-state index contributed by atoms with van der Waals surface area (Å²) < 4.78 is 4.46. The molecular formula is C7H13NO2. The lowest BCUT2D eigenvalue weighted by atomic mass is 10.0. The van der Waals surface area contributed by atoms with Gasteiger partial charge < -0.3 is 10.5 Å². The van der Waals surface area contributed by atoms with Crippen LogP contribution in [0.3, 0.4) is 0 Å². The highest BCUT2D eigenvalue weighted by molar-refractivity contribution is 5.80. The second-order valence-electron chi connectivity index (χ2n) is 2.40. The molecule has 0 amide bonds. The summed E-state index contributed by atoms with van der Waals surface area (Å²) >= 11 is 0. The molecule has 0 heterocycles. The fourth-order valence-electron chi connectivity index (χ4n) is 0.616. The van der Waals surface area contributed by atoms with Gasteiger partial charge in [0.15, 0.2) is 0 Å². The van der Waals surface area contributed by atoms with E-state index < -0.39 is 11.5 Å². The van der Waals surface area contributed by atoms with Gasteiger partial charge in [-0.3, -0.25) is 4.79 Å². The van der Waals surface area contributed by atoms with Gasteiger partial charge in [-0.15, -0.1) is 6.58 Å². The van der Waals surface area contributed by atoms with Crippen molar-refractivity contribution in [1.29, 1.82) is 0 Å². The van der Waals surface area contributed by atoms with Crippen LogP contribution in [0.2, 0.25) is 0 Å². The maximum Gasteiger partial charge on any atom is 0.325 e. The molecular weight excluding hydrogens is 130 g/mol. The average molecular weight is 143 g/mol. The zero-order chi connectivity index (χ0) is 8.20. The molecule has 0 aliphatic heterocycles. The monoisotopic (exact) mass is 143 g/mol. The summed E-state index contributed by atoms with van der Waals surface area (Å²) in [5, 5.41) is 0. The Balaban J connectivity index is 4.08. The molecule has 2 N–H and O–H groups in total. The van der Waals surface area contributed by atoms with Crippen LogP contribution in [0.15, 0.2) is 12.7 Å². The lowest BCUT2D eigenvalue weighted by molar-refractivity contribution is -0.146. The van der Waals surface area contributed by atoms with Crippen molar-refractivity contribution in [1.82, 2.24) is 0 Å². The number of nitrogens with two attached hydrogens (primary N) is 1. The molecule has 0 bridgehead atoms. The van der Waals surface area contributed by atoms with Crippen LogP contribution < -0.4 is 5.73 Å². The molecule has 0 saturated heterocycles.